The molecule has 13 heteroatoms. The second-order valence-corrected chi connectivity index (χ2v) is 8.20. The standard InChI is InChI=1S/C23H30N6O7/c1-13(27-21(33)16(24)10-15-11-25-12-26-15)20(32)28-17(7-8-19(30)31)22(34)29-18(23(35)36)9-14-5-3-2-4-6-14/h2-6,11-13,16-18H,7-10,24H2,1H3,(H,25,26)(H,27,33)(H,28,32)(H,29,34)(H,30,31)(H,35,36). The molecule has 2 rings (SSSR count). The van der Waals surface area contributed by atoms with E-state index in [1.165, 1.54) is 19.4 Å². The lowest BCUT2D eigenvalue weighted by atomic mass is 10.0. The minimum atomic E-state index is -1.34. The van der Waals surface area contributed by atoms with Crippen molar-refractivity contribution in [1.29, 1.82) is 0 Å². The Morgan fingerprint density at radius 3 is 2.19 bits per heavy atom. The van der Waals surface area contributed by atoms with Gasteiger partial charge in [-0.3, -0.25) is 19.2 Å². The normalized spacial score (nSPS) is 14.1. The Kier molecular flexibility index (Phi) is 10.6. The van der Waals surface area contributed by atoms with Gasteiger partial charge in [-0.1, -0.05) is 30.3 Å². The van der Waals surface area contributed by atoms with Gasteiger partial charge in [-0.05, 0) is 18.9 Å². The minimum absolute atomic E-state index is 0.0117. The molecule has 0 aliphatic carbocycles. The second-order valence-electron chi connectivity index (χ2n) is 8.20. The van der Waals surface area contributed by atoms with Gasteiger partial charge in [0.2, 0.25) is 17.7 Å². The maximum absolute atomic E-state index is 12.8. The van der Waals surface area contributed by atoms with Crippen LogP contribution in [0.4, 0.5) is 0 Å². The Balaban J connectivity index is 2.01. The number of imidazole rings is 1. The summed E-state index contributed by atoms with van der Waals surface area (Å²) in [5.41, 5.74) is 7.15. The summed E-state index contributed by atoms with van der Waals surface area (Å²) in [5, 5.41) is 25.7. The number of aliphatic carboxylic acids is 2. The first-order chi connectivity index (χ1) is 17.1. The Bertz CT molecular complexity index is 1040. The number of carbonyl (C=O) groups excluding carboxylic acids is 3. The molecule has 3 amide bonds. The number of nitrogens with one attached hydrogen (secondary N) is 4. The average Bonchev–Trinajstić information content (AvgIpc) is 3.34. The lowest BCUT2D eigenvalue weighted by Crippen LogP contribution is -2.56. The molecule has 4 atom stereocenters. The largest absolute Gasteiger partial charge is 0.481 e. The van der Waals surface area contributed by atoms with Crippen molar-refractivity contribution in [1.82, 2.24) is 25.9 Å². The van der Waals surface area contributed by atoms with Crippen molar-refractivity contribution in [2.75, 3.05) is 0 Å². The number of carboxylic acids is 2. The lowest BCUT2D eigenvalue weighted by Gasteiger charge is -2.23. The number of hydrogen-bond acceptors (Lipinski definition) is 7. The van der Waals surface area contributed by atoms with Gasteiger partial charge in [0.15, 0.2) is 0 Å². The van der Waals surface area contributed by atoms with E-state index < -0.39 is 60.2 Å². The third-order valence-corrected chi connectivity index (χ3v) is 5.26. The summed E-state index contributed by atoms with van der Waals surface area (Å²) in [6, 6.07) is 3.89. The number of H-pyrrole nitrogens is 1. The topological polar surface area (TPSA) is 217 Å². The van der Waals surface area contributed by atoms with Crippen LogP contribution in [-0.2, 0) is 36.8 Å². The molecule has 0 aliphatic heterocycles. The van der Waals surface area contributed by atoms with Crippen LogP contribution in [0.2, 0.25) is 0 Å². The summed E-state index contributed by atoms with van der Waals surface area (Å²) in [6.45, 7) is 1.37. The highest BCUT2D eigenvalue weighted by Crippen LogP contribution is 2.06. The van der Waals surface area contributed by atoms with Crippen LogP contribution in [0.3, 0.4) is 0 Å². The van der Waals surface area contributed by atoms with Crippen molar-refractivity contribution in [2.24, 2.45) is 5.73 Å². The number of aromatic nitrogens is 2. The van der Waals surface area contributed by atoms with E-state index in [0.717, 1.165) is 0 Å². The van der Waals surface area contributed by atoms with Crippen LogP contribution in [0.5, 0.6) is 0 Å². The number of carbonyl (C=O) groups is 5. The van der Waals surface area contributed by atoms with Crippen molar-refractivity contribution in [3.8, 4) is 0 Å². The van der Waals surface area contributed by atoms with E-state index in [2.05, 4.69) is 25.9 Å². The first-order valence-electron chi connectivity index (χ1n) is 11.2. The first kappa shape index (κ1) is 28.0. The summed E-state index contributed by atoms with van der Waals surface area (Å²) >= 11 is 0. The zero-order chi connectivity index (χ0) is 26.7. The van der Waals surface area contributed by atoms with Crippen molar-refractivity contribution in [3.63, 3.8) is 0 Å². The lowest BCUT2D eigenvalue weighted by molar-refractivity contribution is -0.143. The molecular formula is C23H30N6O7. The van der Waals surface area contributed by atoms with E-state index >= 15 is 0 Å². The summed E-state index contributed by atoms with van der Waals surface area (Å²) < 4.78 is 0. The quantitative estimate of drug-likeness (QED) is 0.167. The van der Waals surface area contributed by atoms with Crippen LogP contribution < -0.4 is 21.7 Å². The zero-order valence-corrected chi connectivity index (χ0v) is 19.6. The van der Waals surface area contributed by atoms with Gasteiger partial charge in [-0.25, -0.2) is 9.78 Å². The molecule has 1 heterocycles. The van der Waals surface area contributed by atoms with Gasteiger partial charge in [-0.2, -0.15) is 0 Å². The average molecular weight is 503 g/mol. The van der Waals surface area contributed by atoms with Gasteiger partial charge in [0, 0.05) is 31.2 Å². The molecule has 0 fully saturated rings. The van der Waals surface area contributed by atoms with Gasteiger partial charge >= 0.3 is 11.9 Å². The van der Waals surface area contributed by atoms with Crippen LogP contribution in [0.15, 0.2) is 42.9 Å². The fourth-order valence-corrected chi connectivity index (χ4v) is 3.27. The Hall–Kier alpha value is -4.26. The van der Waals surface area contributed by atoms with E-state index in [0.29, 0.717) is 11.3 Å². The number of rotatable bonds is 14. The van der Waals surface area contributed by atoms with Crippen LogP contribution in [-0.4, -0.2) is 74.0 Å². The number of benzene rings is 1. The number of amides is 3. The maximum Gasteiger partial charge on any atom is 0.326 e. The smallest absolute Gasteiger partial charge is 0.326 e. The van der Waals surface area contributed by atoms with Crippen molar-refractivity contribution in [2.45, 2.75) is 56.8 Å². The Morgan fingerprint density at radius 1 is 0.944 bits per heavy atom. The molecule has 194 valence electrons. The molecule has 0 bridgehead atoms. The molecular weight excluding hydrogens is 472 g/mol. The molecule has 1 aromatic carbocycles. The number of hydrogen-bond donors (Lipinski definition) is 7. The molecule has 0 radical (unpaired) electrons. The SMILES string of the molecule is CC(NC(=O)C(N)Cc1cnc[nH]1)C(=O)NC(CCC(=O)O)C(=O)NC(Cc1ccccc1)C(=O)O. The highest BCUT2D eigenvalue weighted by molar-refractivity contribution is 5.94. The molecule has 1 aromatic heterocycles. The molecule has 0 spiro atoms. The Morgan fingerprint density at radius 2 is 1.61 bits per heavy atom. The van der Waals surface area contributed by atoms with Gasteiger partial charge in [0.05, 0.1) is 12.4 Å². The Labute approximate surface area is 206 Å². The summed E-state index contributed by atoms with van der Waals surface area (Å²) in [7, 11) is 0. The minimum Gasteiger partial charge on any atom is -0.481 e. The number of carboxylic acid groups (broad SMARTS) is 2. The molecule has 0 saturated heterocycles. The molecule has 2 aromatic rings. The zero-order valence-electron chi connectivity index (χ0n) is 19.6. The van der Waals surface area contributed by atoms with Crippen LogP contribution in [0.25, 0.3) is 0 Å². The van der Waals surface area contributed by atoms with Gasteiger partial charge < -0.3 is 36.9 Å². The van der Waals surface area contributed by atoms with E-state index in [1.807, 2.05) is 0 Å². The number of aromatic amines is 1. The monoisotopic (exact) mass is 502 g/mol. The summed E-state index contributed by atoms with van der Waals surface area (Å²) in [4.78, 5) is 67.2. The predicted molar refractivity (Wildman–Crippen MR) is 126 cm³/mol. The molecule has 36 heavy (non-hydrogen) atoms. The third-order valence-electron chi connectivity index (χ3n) is 5.26. The molecule has 8 N–H and O–H groups in total. The van der Waals surface area contributed by atoms with E-state index in [9.17, 15) is 29.1 Å². The van der Waals surface area contributed by atoms with Gasteiger partial charge in [0.1, 0.15) is 18.1 Å². The second kappa shape index (κ2) is 13.6. The highest BCUT2D eigenvalue weighted by Gasteiger charge is 2.29. The molecule has 4 unspecified atom stereocenters. The highest BCUT2D eigenvalue weighted by atomic mass is 16.4. The van der Waals surface area contributed by atoms with Crippen molar-refractivity contribution >= 4 is 29.7 Å². The molecule has 13 nitrogen and oxygen atoms in total. The van der Waals surface area contributed by atoms with E-state index in [1.54, 1.807) is 30.3 Å². The summed E-state index contributed by atoms with van der Waals surface area (Å²) in [5.74, 6) is -4.73. The van der Waals surface area contributed by atoms with Crippen LogP contribution in [0.1, 0.15) is 31.0 Å². The first-order valence-corrected chi connectivity index (χ1v) is 11.2. The molecule has 0 aliphatic rings. The molecule has 0 saturated carbocycles. The fraction of sp³-hybridized carbons (Fsp3) is 0.391. The number of nitrogens with two attached hydrogens (primary N) is 1. The van der Waals surface area contributed by atoms with E-state index in [4.69, 9.17) is 10.8 Å². The predicted octanol–water partition coefficient (Wildman–Crippen LogP) is -1.05. The maximum atomic E-state index is 12.8. The van der Waals surface area contributed by atoms with Crippen LogP contribution >= 0.6 is 0 Å². The third kappa shape index (κ3) is 9.18. The number of nitrogens with zero attached hydrogens (tertiary/aromatic N) is 1. The van der Waals surface area contributed by atoms with E-state index in [-0.39, 0.29) is 19.3 Å². The van der Waals surface area contributed by atoms with Crippen molar-refractivity contribution in [3.05, 3.63) is 54.1 Å². The van der Waals surface area contributed by atoms with Gasteiger partial charge in [-0.15, -0.1) is 0 Å². The van der Waals surface area contributed by atoms with Gasteiger partial charge in [0.25, 0.3) is 0 Å². The fourth-order valence-electron chi connectivity index (χ4n) is 3.27. The summed E-state index contributed by atoms with van der Waals surface area (Å²) in [6.07, 6.45) is 2.35. The van der Waals surface area contributed by atoms with Crippen molar-refractivity contribution < 1.29 is 34.2 Å². The van der Waals surface area contributed by atoms with Crippen LogP contribution in [0, 0.1) is 0 Å².